The molecule has 0 fully saturated rings. The van der Waals surface area contributed by atoms with Gasteiger partial charge in [-0.2, -0.15) is 0 Å². The molecule has 1 heterocycles. The van der Waals surface area contributed by atoms with Crippen LogP contribution in [-0.4, -0.2) is 20.8 Å². The summed E-state index contributed by atoms with van der Waals surface area (Å²) < 4.78 is 7.90. The van der Waals surface area contributed by atoms with Gasteiger partial charge in [-0.05, 0) is 0 Å². The van der Waals surface area contributed by atoms with E-state index in [0.29, 0.717) is 6.61 Å². The average molecular weight is 315 g/mol. The van der Waals surface area contributed by atoms with Crippen molar-refractivity contribution in [1.29, 1.82) is 0 Å². The Kier molecular flexibility index (Phi) is 3.49. The summed E-state index contributed by atoms with van der Waals surface area (Å²) in [6.45, 7) is 0.570. The SMILES string of the molecule is O=Cc1cc2ccc(OCc3ccccc3)cc2[se]1. The Balaban J connectivity index is 1.79. The van der Waals surface area contributed by atoms with Crippen molar-refractivity contribution < 1.29 is 9.53 Å². The van der Waals surface area contributed by atoms with Crippen LogP contribution in [0.15, 0.2) is 54.6 Å². The van der Waals surface area contributed by atoms with Crippen molar-refractivity contribution in [2.24, 2.45) is 0 Å². The van der Waals surface area contributed by atoms with Crippen LogP contribution in [0.2, 0.25) is 0 Å². The van der Waals surface area contributed by atoms with Gasteiger partial charge in [0.25, 0.3) is 0 Å². The summed E-state index contributed by atoms with van der Waals surface area (Å²) in [7, 11) is 0. The zero-order valence-electron chi connectivity index (χ0n) is 10.2. The third kappa shape index (κ3) is 2.78. The first kappa shape index (κ1) is 12.2. The van der Waals surface area contributed by atoms with Gasteiger partial charge in [-0.3, -0.25) is 0 Å². The molecule has 0 N–H and O–H groups in total. The average Bonchev–Trinajstić information content (AvgIpc) is 2.88. The molecule has 0 aliphatic carbocycles. The van der Waals surface area contributed by atoms with Gasteiger partial charge in [0.05, 0.1) is 0 Å². The molecule has 19 heavy (non-hydrogen) atoms. The van der Waals surface area contributed by atoms with E-state index in [-0.39, 0.29) is 14.5 Å². The summed E-state index contributed by atoms with van der Waals surface area (Å²) in [5.74, 6) is 0.866. The molecule has 3 rings (SSSR count). The normalized spacial score (nSPS) is 10.5. The fourth-order valence-electron chi connectivity index (χ4n) is 1.92. The zero-order valence-corrected chi connectivity index (χ0v) is 11.9. The standard InChI is InChI=1S/C16H12O2Se/c17-10-15-8-13-6-7-14(9-16(13)19-15)18-11-12-4-2-1-3-5-12/h1-10H,11H2. The van der Waals surface area contributed by atoms with Crippen molar-refractivity contribution in [3.05, 3.63) is 64.6 Å². The van der Waals surface area contributed by atoms with Crippen molar-refractivity contribution in [1.82, 2.24) is 0 Å². The molecule has 0 saturated carbocycles. The van der Waals surface area contributed by atoms with E-state index in [0.717, 1.165) is 27.4 Å². The van der Waals surface area contributed by atoms with Crippen molar-refractivity contribution in [3.63, 3.8) is 0 Å². The molecule has 3 aromatic rings. The Morgan fingerprint density at radius 1 is 1.05 bits per heavy atom. The maximum atomic E-state index is 10.8. The summed E-state index contributed by atoms with van der Waals surface area (Å²) in [6.07, 6.45) is 0.949. The summed E-state index contributed by atoms with van der Waals surface area (Å²) in [5, 5.41) is 1.15. The first-order valence-electron chi connectivity index (χ1n) is 6.01. The van der Waals surface area contributed by atoms with Crippen LogP contribution in [0.4, 0.5) is 0 Å². The fourth-order valence-corrected chi connectivity index (χ4v) is 3.83. The van der Waals surface area contributed by atoms with Crippen LogP contribution >= 0.6 is 0 Å². The first-order chi connectivity index (χ1) is 9.35. The quantitative estimate of drug-likeness (QED) is 0.545. The topological polar surface area (TPSA) is 26.3 Å². The third-order valence-electron chi connectivity index (χ3n) is 2.88. The molecule has 94 valence electrons. The van der Waals surface area contributed by atoms with Crippen molar-refractivity contribution in [2.75, 3.05) is 0 Å². The second kappa shape index (κ2) is 5.43. The van der Waals surface area contributed by atoms with Crippen LogP contribution in [0.1, 0.15) is 14.8 Å². The van der Waals surface area contributed by atoms with Gasteiger partial charge in [0.2, 0.25) is 0 Å². The number of aldehydes is 1. The molecule has 3 heteroatoms. The predicted molar refractivity (Wildman–Crippen MR) is 77.0 cm³/mol. The molecule has 0 unspecified atom stereocenters. The Hall–Kier alpha value is -1.83. The van der Waals surface area contributed by atoms with E-state index in [4.69, 9.17) is 4.74 Å². The molecule has 2 nitrogen and oxygen atoms in total. The molecule has 0 amide bonds. The molecule has 0 radical (unpaired) electrons. The number of benzene rings is 2. The molecule has 0 saturated heterocycles. The Morgan fingerprint density at radius 2 is 1.89 bits per heavy atom. The maximum absolute atomic E-state index is 10.8. The molecular formula is C16H12O2Se. The third-order valence-corrected chi connectivity index (χ3v) is 5.02. The summed E-state index contributed by atoms with van der Waals surface area (Å²) in [5.41, 5.74) is 1.15. The number of carbonyl (C=O) groups excluding carboxylic acids is 1. The second-order valence-electron chi connectivity index (χ2n) is 4.24. The number of ether oxygens (including phenoxy) is 1. The van der Waals surface area contributed by atoms with Gasteiger partial charge in [-0.25, -0.2) is 0 Å². The van der Waals surface area contributed by atoms with E-state index >= 15 is 0 Å². The molecule has 0 bridgehead atoms. The van der Waals surface area contributed by atoms with Gasteiger partial charge in [0.1, 0.15) is 0 Å². The van der Waals surface area contributed by atoms with E-state index in [1.807, 2.05) is 54.6 Å². The number of carbonyl (C=O) groups is 1. The van der Waals surface area contributed by atoms with Crippen LogP contribution in [0, 0.1) is 0 Å². The van der Waals surface area contributed by atoms with Crippen LogP contribution in [-0.2, 0) is 6.61 Å². The number of rotatable bonds is 4. The van der Waals surface area contributed by atoms with Gasteiger partial charge in [-0.1, -0.05) is 0 Å². The van der Waals surface area contributed by atoms with Crippen molar-refractivity contribution in [2.45, 2.75) is 6.61 Å². The number of hydrogen-bond donors (Lipinski definition) is 0. The minimum absolute atomic E-state index is 0.128. The molecular weight excluding hydrogens is 303 g/mol. The van der Waals surface area contributed by atoms with Crippen molar-refractivity contribution >= 4 is 30.4 Å². The van der Waals surface area contributed by atoms with E-state index in [9.17, 15) is 4.79 Å². The van der Waals surface area contributed by atoms with E-state index in [2.05, 4.69) is 0 Å². The zero-order chi connectivity index (χ0) is 13.1. The second-order valence-corrected chi connectivity index (χ2v) is 6.58. The number of fused-ring (bicyclic) bond motifs is 1. The molecule has 0 atom stereocenters. The molecule has 1 aromatic heterocycles. The molecule has 2 aromatic carbocycles. The Bertz CT molecular complexity index is 701. The van der Waals surface area contributed by atoms with Crippen LogP contribution in [0.25, 0.3) is 9.65 Å². The Morgan fingerprint density at radius 3 is 2.68 bits per heavy atom. The number of hydrogen-bond acceptors (Lipinski definition) is 2. The van der Waals surface area contributed by atoms with Gasteiger partial charge < -0.3 is 0 Å². The molecule has 0 spiro atoms. The van der Waals surface area contributed by atoms with Gasteiger partial charge >= 0.3 is 117 Å². The monoisotopic (exact) mass is 316 g/mol. The van der Waals surface area contributed by atoms with Crippen LogP contribution < -0.4 is 4.74 Å². The summed E-state index contributed by atoms with van der Waals surface area (Å²) in [6, 6.07) is 18.1. The fraction of sp³-hybridized carbons (Fsp3) is 0.0625. The van der Waals surface area contributed by atoms with Gasteiger partial charge in [0, 0.05) is 0 Å². The van der Waals surface area contributed by atoms with Gasteiger partial charge in [-0.15, -0.1) is 0 Å². The van der Waals surface area contributed by atoms with Crippen LogP contribution in [0.3, 0.4) is 0 Å². The Labute approximate surface area is 117 Å². The summed E-state index contributed by atoms with van der Waals surface area (Å²) in [4.78, 5) is 10.8. The van der Waals surface area contributed by atoms with Gasteiger partial charge in [0.15, 0.2) is 0 Å². The minimum atomic E-state index is 0.128. The summed E-state index contributed by atoms with van der Waals surface area (Å²) >= 11 is 0.128. The van der Waals surface area contributed by atoms with Crippen LogP contribution in [0.5, 0.6) is 5.75 Å². The van der Waals surface area contributed by atoms with Crippen molar-refractivity contribution in [3.8, 4) is 5.75 Å². The molecule has 0 aliphatic heterocycles. The molecule has 0 aliphatic rings. The van der Waals surface area contributed by atoms with E-state index in [1.54, 1.807) is 0 Å². The van der Waals surface area contributed by atoms with E-state index in [1.165, 1.54) is 4.26 Å². The first-order valence-corrected chi connectivity index (χ1v) is 7.72. The predicted octanol–water partition coefficient (Wildman–Crippen LogP) is 3.29. The van der Waals surface area contributed by atoms with E-state index < -0.39 is 0 Å².